The monoisotopic (exact) mass is 405 g/mol. The number of hydrogen-bond donors (Lipinski definition) is 1. The number of thioether (sulfide) groups is 1. The van der Waals surface area contributed by atoms with Crippen LogP contribution in [0.3, 0.4) is 0 Å². The molecular formula is C21H24FNO4S. The number of amides is 1. The van der Waals surface area contributed by atoms with E-state index in [-0.39, 0.29) is 11.3 Å². The molecule has 0 heterocycles. The number of esters is 1. The van der Waals surface area contributed by atoms with E-state index in [1.807, 2.05) is 12.1 Å². The first kappa shape index (κ1) is 21.8. The van der Waals surface area contributed by atoms with Gasteiger partial charge in [-0.25, -0.2) is 14.0 Å². The molecule has 0 aliphatic rings. The lowest BCUT2D eigenvalue weighted by Gasteiger charge is -2.20. The van der Waals surface area contributed by atoms with Crippen molar-refractivity contribution < 1.29 is 23.5 Å². The van der Waals surface area contributed by atoms with Crippen molar-refractivity contribution in [2.24, 2.45) is 0 Å². The Balaban J connectivity index is 2.18. The van der Waals surface area contributed by atoms with Gasteiger partial charge < -0.3 is 9.47 Å². The molecule has 0 unspecified atom stereocenters. The Morgan fingerprint density at radius 1 is 1.14 bits per heavy atom. The number of ether oxygens (including phenoxy) is 2. The number of methoxy groups -OCH3 is 1. The van der Waals surface area contributed by atoms with Crippen LogP contribution in [0.5, 0.6) is 0 Å². The third-order valence-corrected chi connectivity index (χ3v) is 4.85. The first-order valence-electron chi connectivity index (χ1n) is 8.70. The van der Waals surface area contributed by atoms with Gasteiger partial charge in [-0.15, -0.1) is 11.8 Å². The predicted molar refractivity (Wildman–Crippen MR) is 108 cm³/mol. The Kier molecular flexibility index (Phi) is 7.07. The van der Waals surface area contributed by atoms with Crippen LogP contribution in [-0.4, -0.2) is 24.8 Å². The molecule has 0 radical (unpaired) electrons. The van der Waals surface area contributed by atoms with Crippen LogP contribution >= 0.6 is 11.8 Å². The van der Waals surface area contributed by atoms with Crippen molar-refractivity contribution in [1.82, 2.24) is 0 Å². The molecule has 0 atom stereocenters. The van der Waals surface area contributed by atoms with Gasteiger partial charge in [-0.2, -0.15) is 0 Å². The van der Waals surface area contributed by atoms with Gasteiger partial charge in [-0.3, -0.25) is 5.32 Å². The normalized spacial score (nSPS) is 11.1. The largest absolute Gasteiger partial charge is 0.465 e. The van der Waals surface area contributed by atoms with Gasteiger partial charge in [0.05, 0.1) is 18.4 Å². The molecule has 0 aromatic heterocycles. The summed E-state index contributed by atoms with van der Waals surface area (Å²) in [6.45, 7) is 7.01. The van der Waals surface area contributed by atoms with Crippen LogP contribution < -0.4 is 5.32 Å². The maximum atomic E-state index is 14.8. The Morgan fingerprint density at radius 2 is 1.82 bits per heavy atom. The lowest BCUT2D eigenvalue weighted by Crippen LogP contribution is -2.27. The quantitative estimate of drug-likeness (QED) is 0.521. The number of rotatable bonds is 5. The summed E-state index contributed by atoms with van der Waals surface area (Å²) in [5.74, 6) is -1.01. The van der Waals surface area contributed by atoms with Crippen molar-refractivity contribution in [3.63, 3.8) is 0 Å². The summed E-state index contributed by atoms with van der Waals surface area (Å²) in [6, 6.07) is 10.5. The molecule has 7 heteroatoms. The van der Waals surface area contributed by atoms with Gasteiger partial charge in [0, 0.05) is 10.6 Å². The van der Waals surface area contributed by atoms with Gasteiger partial charge in [0.1, 0.15) is 11.4 Å². The Labute approximate surface area is 168 Å². The van der Waals surface area contributed by atoms with Crippen LogP contribution in [0.2, 0.25) is 0 Å². The zero-order chi connectivity index (χ0) is 20.9. The van der Waals surface area contributed by atoms with Crippen LogP contribution in [0, 0.1) is 12.7 Å². The highest BCUT2D eigenvalue weighted by Crippen LogP contribution is 2.32. The van der Waals surface area contributed by atoms with Gasteiger partial charge in [0.2, 0.25) is 0 Å². The van der Waals surface area contributed by atoms with E-state index in [1.54, 1.807) is 52.0 Å². The van der Waals surface area contributed by atoms with E-state index in [1.165, 1.54) is 18.9 Å². The average molecular weight is 405 g/mol. The number of aryl methyl sites for hydroxylation is 1. The van der Waals surface area contributed by atoms with E-state index in [0.29, 0.717) is 16.8 Å². The average Bonchev–Trinajstić information content (AvgIpc) is 2.60. The highest BCUT2D eigenvalue weighted by Gasteiger charge is 2.20. The molecule has 0 aliphatic carbocycles. The molecule has 2 aromatic rings. The van der Waals surface area contributed by atoms with Crippen molar-refractivity contribution in [3.8, 4) is 0 Å². The summed E-state index contributed by atoms with van der Waals surface area (Å²) in [7, 11) is 1.22. The number of halogens is 1. The maximum absolute atomic E-state index is 14.8. The van der Waals surface area contributed by atoms with E-state index >= 15 is 0 Å². The topological polar surface area (TPSA) is 64.6 Å². The Morgan fingerprint density at radius 3 is 2.46 bits per heavy atom. The van der Waals surface area contributed by atoms with E-state index < -0.39 is 23.5 Å². The molecule has 28 heavy (non-hydrogen) atoms. The fraction of sp³-hybridized carbons (Fsp3) is 0.333. The standard InChI is InChI=1S/C21H24FNO4S/c1-13-10-11-14(18(22)17(13)19(24)26-5)12-28-16-9-7-6-8-15(16)23-20(25)27-21(2,3)4/h6-11H,12H2,1-5H3,(H,23,25). The molecule has 0 aliphatic heterocycles. The fourth-order valence-electron chi connectivity index (χ4n) is 2.44. The summed E-state index contributed by atoms with van der Waals surface area (Å²) in [6.07, 6.45) is -0.560. The maximum Gasteiger partial charge on any atom is 0.412 e. The zero-order valence-corrected chi connectivity index (χ0v) is 17.4. The highest BCUT2D eigenvalue weighted by atomic mass is 32.2. The molecular weight excluding hydrogens is 381 g/mol. The number of nitrogens with one attached hydrogen (secondary N) is 1. The minimum Gasteiger partial charge on any atom is -0.465 e. The fourth-order valence-corrected chi connectivity index (χ4v) is 3.43. The van der Waals surface area contributed by atoms with E-state index in [0.717, 1.165) is 4.90 Å². The third kappa shape index (κ3) is 5.73. The molecule has 2 aromatic carbocycles. The molecule has 2 rings (SSSR count). The molecule has 1 N–H and O–H groups in total. The smallest absolute Gasteiger partial charge is 0.412 e. The second-order valence-corrected chi connectivity index (χ2v) is 8.15. The van der Waals surface area contributed by atoms with Crippen molar-refractivity contribution in [2.45, 2.75) is 43.9 Å². The molecule has 0 saturated carbocycles. The highest BCUT2D eigenvalue weighted by molar-refractivity contribution is 7.98. The minimum absolute atomic E-state index is 0.0548. The Hall–Kier alpha value is -2.54. The van der Waals surface area contributed by atoms with Crippen LogP contribution in [0.25, 0.3) is 0 Å². The molecule has 0 fully saturated rings. The first-order chi connectivity index (χ1) is 13.1. The first-order valence-corrected chi connectivity index (χ1v) is 9.69. The number of para-hydroxylation sites is 1. The van der Waals surface area contributed by atoms with Crippen LogP contribution in [0.4, 0.5) is 14.9 Å². The molecule has 5 nitrogen and oxygen atoms in total. The summed E-state index contributed by atoms with van der Waals surface area (Å²) in [4.78, 5) is 24.6. The lowest BCUT2D eigenvalue weighted by molar-refractivity contribution is 0.0592. The summed E-state index contributed by atoms with van der Waals surface area (Å²) >= 11 is 1.35. The van der Waals surface area contributed by atoms with E-state index in [4.69, 9.17) is 4.74 Å². The SMILES string of the molecule is COC(=O)c1c(C)ccc(CSc2ccccc2NC(=O)OC(C)(C)C)c1F. The third-order valence-electron chi connectivity index (χ3n) is 3.73. The molecule has 1 amide bonds. The van der Waals surface area contributed by atoms with Gasteiger partial charge in [-0.1, -0.05) is 24.3 Å². The van der Waals surface area contributed by atoms with E-state index in [2.05, 4.69) is 10.1 Å². The number of benzene rings is 2. The predicted octanol–water partition coefficient (Wildman–Crippen LogP) is 5.56. The molecule has 150 valence electrons. The summed E-state index contributed by atoms with van der Waals surface area (Å²) in [5, 5.41) is 2.72. The van der Waals surface area contributed by atoms with E-state index in [9.17, 15) is 14.0 Å². The second kappa shape index (κ2) is 9.10. The van der Waals surface area contributed by atoms with Crippen molar-refractivity contribution in [2.75, 3.05) is 12.4 Å². The number of anilines is 1. The zero-order valence-electron chi connectivity index (χ0n) is 16.6. The van der Waals surface area contributed by atoms with Crippen LogP contribution in [0.1, 0.15) is 42.3 Å². The number of hydrogen-bond acceptors (Lipinski definition) is 5. The van der Waals surface area contributed by atoms with Crippen molar-refractivity contribution >= 4 is 29.5 Å². The lowest BCUT2D eigenvalue weighted by atomic mass is 10.0. The summed E-state index contributed by atoms with van der Waals surface area (Å²) < 4.78 is 24.7. The molecule has 0 spiro atoms. The molecule has 0 saturated heterocycles. The van der Waals surface area contributed by atoms with Gasteiger partial charge in [-0.05, 0) is 51.0 Å². The van der Waals surface area contributed by atoms with Crippen LogP contribution in [0.15, 0.2) is 41.3 Å². The Bertz CT molecular complexity index is 877. The van der Waals surface area contributed by atoms with Gasteiger partial charge in [0.15, 0.2) is 0 Å². The molecule has 0 bridgehead atoms. The number of carbonyl (C=O) groups is 2. The van der Waals surface area contributed by atoms with Crippen LogP contribution in [-0.2, 0) is 15.2 Å². The summed E-state index contributed by atoms with van der Waals surface area (Å²) in [5.41, 5.74) is 0.804. The van der Waals surface area contributed by atoms with Gasteiger partial charge in [0.25, 0.3) is 0 Å². The van der Waals surface area contributed by atoms with Gasteiger partial charge >= 0.3 is 12.1 Å². The minimum atomic E-state index is -0.700. The van der Waals surface area contributed by atoms with Crippen molar-refractivity contribution in [1.29, 1.82) is 0 Å². The second-order valence-electron chi connectivity index (χ2n) is 7.13. The van der Waals surface area contributed by atoms with Crippen molar-refractivity contribution in [3.05, 3.63) is 58.9 Å². The number of carbonyl (C=O) groups excluding carboxylic acids is 2.